The molecule has 0 N–H and O–H groups in total. The third-order valence-corrected chi connectivity index (χ3v) is 10.5. The number of rotatable bonds is 5. The van der Waals surface area contributed by atoms with Crippen LogP contribution in [0.25, 0.3) is 99.8 Å². The number of para-hydroxylation sites is 4. The highest BCUT2D eigenvalue weighted by Crippen LogP contribution is 2.40. The molecule has 248 valence electrons. The van der Waals surface area contributed by atoms with Crippen molar-refractivity contribution in [2.75, 3.05) is 0 Å². The fourth-order valence-electron chi connectivity index (χ4n) is 8.16. The van der Waals surface area contributed by atoms with Gasteiger partial charge in [-0.25, -0.2) is 4.98 Å². The van der Waals surface area contributed by atoms with Crippen molar-refractivity contribution in [1.29, 1.82) is 0 Å². The molecule has 8 aromatic carbocycles. The van der Waals surface area contributed by atoms with E-state index in [-0.39, 0.29) is 0 Å². The molecule has 0 radical (unpaired) electrons. The van der Waals surface area contributed by atoms with E-state index < -0.39 is 0 Å². The molecular weight excluding hydrogens is 647 g/mol. The average molecular weight is 678 g/mol. The molecule has 0 unspecified atom stereocenters. The number of fused-ring (bicyclic) bond motifs is 7. The maximum atomic E-state index is 6.90. The SMILES string of the molecule is c1ccc(-c2cc(-c3ccccc3)c3oc(-c4cc(-n5c6ccccc6c6ccccc65)cc(-n5c6ccccc6c6ccccc65)c4)nc3c2)cc1. The molecule has 3 heterocycles. The summed E-state index contributed by atoms with van der Waals surface area (Å²) in [6, 6.07) is 66.7. The third-order valence-electron chi connectivity index (χ3n) is 10.5. The van der Waals surface area contributed by atoms with E-state index in [0.717, 1.165) is 72.4 Å². The first-order valence-electron chi connectivity index (χ1n) is 18.0. The van der Waals surface area contributed by atoms with Crippen LogP contribution in [0.3, 0.4) is 0 Å². The Hall–Kier alpha value is -7.17. The molecule has 0 amide bonds. The summed E-state index contributed by atoms with van der Waals surface area (Å²) in [6.45, 7) is 0. The van der Waals surface area contributed by atoms with Gasteiger partial charge in [-0.05, 0) is 71.3 Å². The van der Waals surface area contributed by atoms with E-state index >= 15 is 0 Å². The van der Waals surface area contributed by atoms with Gasteiger partial charge >= 0.3 is 0 Å². The van der Waals surface area contributed by atoms with Gasteiger partial charge in [0.05, 0.1) is 22.1 Å². The standard InChI is InChI=1S/C49H31N3O/c1-3-15-32(16-4-1)34-29-42(33-17-5-2-6-18-33)48-43(30-34)50-49(53-48)35-27-36(51-44-23-11-7-19-38(44)39-20-8-12-24-45(39)51)31-37(28-35)52-46-25-13-9-21-40(46)41-22-10-14-26-47(41)52/h1-31H. The molecule has 4 heteroatoms. The number of aromatic nitrogens is 3. The lowest BCUT2D eigenvalue weighted by molar-refractivity contribution is 0.620. The molecule has 4 nitrogen and oxygen atoms in total. The Morgan fingerprint density at radius 1 is 0.358 bits per heavy atom. The minimum absolute atomic E-state index is 0.576. The summed E-state index contributed by atoms with van der Waals surface area (Å²) in [5, 5.41) is 4.87. The minimum Gasteiger partial charge on any atom is -0.435 e. The molecule has 0 saturated carbocycles. The summed E-state index contributed by atoms with van der Waals surface area (Å²) in [5.41, 5.74) is 13.5. The second-order valence-corrected chi connectivity index (χ2v) is 13.6. The van der Waals surface area contributed by atoms with Gasteiger partial charge in [-0.3, -0.25) is 0 Å². The zero-order valence-corrected chi connectivity index (χ0v) is 28.6. The van der Waals surface area contributed by atoms with Gasteiger partial charge in [-0.1, -0.05) is 133 Å². The number of benzene rings is 8. The highest BCUT2D eigenvalue weighted by molar-refractivity contribution is 6.10. The normalized spacial score (nSPS) is 11.8. The lowest BCUT2D eigenvalue weighted by Gasteiger charge is -2.14. The number of hydrogen-bond donors (Lipinski definition) is 0. The quantitative estimate of drug-likeness (QED) is 0.182. The van der Waals surface area contributed by atoms with Crippen LogP contribution < -0.4 is 0 Å². The topological polar surface area (TPSA) is 35.9 Å². The number of hydrogen-bond acceptors (Lipinski definition) is 2. The van der Waals surface area contributed by atoms with E-state index in [1.165, 1.54) is 21.5 Å². The maximum Gasteiger partial charge on any atom is 0.227 e. The Balaban J connectivity index is 1.22. The Morgan fingerprint density at radius 2 is 0.792 bits per heavy atom. The van der Waals surface area contributed by atoms with Crippen molar-refractivity contribution in [1.82, 2.24) is 14.1 Å². The lowest BCUT2D eigenvalue weighted by Crippen LogP contribution is -2.00. The first kappa shape index (κ1) is 29.5. The Bertz CT molecular complexity index is 2930. The summed E-state index contributed by atoms with van der Waals surface area (Å²) in [4.78, 5) is 5.26. The molecule has 0 bridgehead atoms. The molecule has 53 heavy (non-hydrogen) atoms. The molecule has 0 atom stereocenters. The Labute approximate surface area is 305 Å². The Kier molecular flexibility index (Phi) is 6.52. The largest absolute Gasteiger partial charge is 0.435 e. The summed E-state index contributed by atoms with van der Waals surface area (Å²) in [7, 11) is 0. The predicted molar refractivity (Wildman–Crippen MR) is 219 cm³/mol. The first-order valence-corrected chi connectivity index (χ1v) is 18.0. The number of nitrogens with zero attached hydrogens (tertiary/aromatic N) is 3. The zero-order chi connectivity index (χ0) is 34.9. The van der Waals surface area contributed by atoms with E-state index in [4.69, 9.17) is 9.40 Å². The van der Waals surface area contributed by atoms with Crippen molar-refractivity contribution in [2.45, 2.75) is 0 Å². The molecule has 11 aromatic rings. The van der Waals surface area contributed by atoms with Crippen molar-refractivity contribution in [2.24, 2.45) is 0 Å². The van der Waals surface area contributed by atoms with Crippen molar-refractivity contribution >= 4 is 54.7 Å². The summed E-state index contributed by atoms with van der Waals surface area (Å²) in [6.07, 6.45) is 0. The fourth-order valence-corrected chi connectivity index (χ4v) is 8.16. The van der Waals surface area contributed by atoms with Crippen LogP contribution in [0.4, 0.5) is 0 Å². The molecule has 0 aliphatic rings. The number of oxazole rings is 1. The van der Waals surface area contributed by atoms with Gasteiger partial charge in [0.1, 0.15) is 5.52 Å². The van der Waals surface area contributed by atoms with E-state index in [9.17, 15) is 0 Å². The fraction of sp³-hybridized carbons (Fsp3) is 0. The Morgan fingerprint density at radius 3 is 1.28 bits per heavy atom. The van der Waals surface area contributed by atoms with Gasteiger partial charge in [0.15, 0.2) is 5.58 Å². The van der Waals surface area contributed by atoms with E-state index in [1.54, 1.807) is 0 Å². The van der Waals surface area contributed by atoms with Gasteiger partial charge in [0.25, 0.3) is 0 Å². The van der Waals surface area contributed by atoms with Gasteiger partial charge in [-0.15, -0.1) is 0 Å². The summed E-state index contributed by atoms with van der Waals surface area (Å²) in [5.74, 6) is 0.576. The lowest BCUT2D eigenvalue weighted by atomic mass is 9.98. The molecular formula is C49H31N3O. The van der Waals surface area contributed by atoms with Crippen molar-refractivity contribution in [3.63, 3.8) is 0 Å². The minimum atomic E-state index is 0.576. The van der Waals surface area contributed by atoms with Gasteiger partial charge < -0.3 is 13.6 Å². The smallest absolute Gasteiger partial charge is 0.227 e. The molecule has 3 aromatic heterocycles. The monoisotopic (exact) mass is 677 g/mol. The second kappa shape index (κ2) is 11.7. The van der Waals surface area contributed by atoms with Gasteiger partial charge in [0.2, 0.25) is 5.89 Å². The summed E-state index contributed by atoms with van der Waals surface area (Å²) >= 11 is 0. The van der Waals surface area contributed by atoms with E-state index in [2.05, 4.69) is 185 Å². The van der Waals surface area contributed by atoms with Gasteiger partial charge in [-0.2, -0.15) is 0 Å². The van der Waals surface area contributed by atoms with Crippen molar-refractivity contribution in [3.05, 3.63) is 188 Å². The summed E-state index contributed by atoms with van der Waals surface area (Å²) < 4.78 is 11.6. The highest BCUT2D eigenvalue weighted by atomic mass is 16.3. The van der Waals surface area contributed by atoms with Crippen molar-refractivity contribution < 1.29 is 4.42 Å². The van der Waals surface area contributed by atoms with Crippen LogP contribution in [0, 0.1) is 0 Å². The molecule has 11 rings (SSSR count). The highest BCUT2D eigenvalue weighted by Gasteiger charge is 2.20. The van der Waals surface area contributed by atoms with E-state index in [1.807, 2.05) is 12.1 Å². The molecule has 0 aliphatic carbocycles. The molecule has 0 saturated heterocycles. The van der Waals surface area contributed by atoms with Crippen LogP contribution in [0.5, 0.6) is 0 Å². The molecule has 0 aliphatic heterocycles. The van der Waals surface area contributed by atoms with Crippen LogP contribution in [0.15, 0.2) is 192 Å². The van der Waals surface area contributed by atoms with Crippen LogP contribution in [0.2, 0.25) is 0 Å². The van der Waals surface area contributed by atoms with E-state index in [0.29, 0.717) is 5.89 Å². The van der Waals surface area contributed by atoms with Crippen LogP contribution in [0.1, 0.15) is 0 Å². The zero-order valence-electron chi connectivity index (χ0n) is 28.6. The van der Waals surface area contributed by atoms with Gasteiger partial charge in [0, 0.05) is 44.0 Å². The van der Waals surface area contributed by atoms with Crippen LogP contribution in [-0.4, -0.2) is 14.1 Å². The second-order valence-electron chi connectivity index (χ2n) is 13.6. The molecule has 0 fully saturated rings. The third kappa shape index (κ3) is 4.66. The molecule has 0 spiro atoms. The van der Waals surface area contributed by atoms with Crippen LogP contribution in [-0.2, 0) is 0 Å². The average Bonchev–Trinajstić information content (AvgIpc) is 3.92. The van der Waals surface area contributed by atoms with Crippen molar-refractivity contribution in [3.8, 4) is 45.1 Å². The predicted octanol–water partition coefficient (Wildman–Crippen LogP) is 13.0. The van der Waals surface area contributed by atoms with Crippen LogP contribution >= 0.6 is 0 Å². The first-order chi connectivity index (χ1) is 26.3. The maximum absolute atomic E-state index is 6.90.